The van der Waals surface area contributed by atoms with Crippen molar-refractivity contribution in [2.75, 3.05) is 18.4 Å². The second kappa shape index (κ2) is 9.04. The number of nitrogens with one attached hydrogen (secondary N) is 3. The summed E-state index contributed by atoms with van der Waals surface area (Å²) in [7, 11) is 0. The van der Waals surface area contributed by atoms with E-state index in [9.17, 15) is 14.4 Å². The van der Waals surface area contributed by atoms with Gasteiger partial charge in [-0.15, -0.1) is 0 Å². The highest BCUT2D eigenvalue weighted by Crippen LogP contribution is 2.20. The third kappa shape index (κ3) is 4.77. The van der Waals surface area contributed by atoms with Crippen molar-refractivity contribution in [3.63, 3.8) is 0 Å². The monoisotopic (exact) mass is 418 g/mol. The maximum Gasteiger partial charge on any atom is 0.253 e. The van der Waals surface area contributed by atoms with Crippen LogP contribution in [0.3, 0.4) is 0 Å². The van der Waals surface area contributed by atoms with Crippen molar-refractivity contribution in [3.8, 4) is 0 Å². The summed E-state index contributed by atoms with van der Waals surface area (Å²) in [5.41, 5.74) is 3.01. The van der Waals surface area contributed by atoms with Gasteiger partial charge in [-0.2, -0.15) is 0 Å². The zero-order chi connectivity index (χ0) is 21.8. The van der Waals surface area contributed by atoms with Crippen LogP contribution in [0.5, 0.6) is 0 Å². The van der Waals surface area contributed by atoms with Crippen molar-refractivity contribution in [1.29, 1.82) is 0 Å². The lowest BCUT2D eigenvalue weighted by molar-refractivity contribution is -0.125. The molecular formula is C24H26N4O3. The number of aromatic nitrogens is 1. The average Bonchev–Trinajstić information content (AvgIpc) is 3.43. The van der Waals surface area contributed by atoms with Crippen molar-refractivity contribution < 1.29 is 14.4 Å². The van der Waals surface area contributed by atoms with E-state index < -0.39 is 6.04 Å². The fraction of sp³-hybridized carbons (Fsp3) is 0.292. The first kappa shape index (κ1) is 20.7. The van der Waals surface area contributed by atoms with Crippen LogP contribution >= 0.6 is 0 Å². The summed E-state index contributed by atoms with van der Waals surface area (Å²) in [4.78, 5) is 42.4. The molecule has 7 nitrogen and oxygen atoms in total. The molecule has 0 spiro atoms. The molecule has 1 aliphatic rings. The molecule has 160 valence electrons. The standard InChI is InChI=1S/C24H26N4O3/c1-16(29)26-22(14-18-15-25-21-10-3-2-9-20(18)21)23(30)27-19-8-6-7-17(13-19)24(31)28-11-4-5-12-28/h2-3,6-10,13,15,22,25H,4-5,11-12,14H2,1H3,(H,26,29)(H,27,30)/t22-/m0/s1. The molecule has 7 heteroatoms. The number of para-hydroxylation sites is 1. The van der Waals surface area contributed by atoms with Gasteiger partial charge in [0.2, 0.25) is 11.8 Å². The van der Waals surface area contributed by atoms with Crippen LogP contribution in [0, 0.1) is 0 Å². The van der Waals surface area contributed by atoms with E-state index in [4.69, 9.17) is 0 Å². The molecule has 1 fully saturated rings. The van der Waals surface area contributed by atoms with Crippen molar-refractivity contribution in [1.82, 2.24) is 15.2 Å². The molecule has 0 saturated carbocycles. The van der Waals surface area contributed by atoms with Crippen molar-refractivity contribution in [3.05, 3.63) is 65.9 Å². The number of rotatable bonds is 6. The van der Waals surface area contributed by atoms with Gasteiger partial charge in [0.15, 0.2) is 0 Å². The average molecular weight is 418 g/mol. The lowest BCUT2D eigenvalue weighted by Crippen LogP contribution is -2.44. The highest BCUT2D eigenvalue weighted by molar-refractivity contribution is 6.00. The topological polar surface area (TPSA) is 94.3 Å². The Morgan fingerprint density at radius 1 is 1.06 bits per heavy atom. The first-order valence-corrected chi connectivity index (χ1v) is 10.5. The zero-order valence-corrected chi connectivity index (χ0v) is 17.5. The van der Waals surface area contributed by atoms with Crippen LogP contribution in [0.2, 0.25) is 0 Å². The lowest BCUT2D eigenvalue weighted by atomic mass is 10.0. The molecule has 3 aromatic rings. The first-order valence-electron chi connectivity index (χ1n) is 10.5. The van der Waals surface area contributed by atoms with Crippen LogP contribution in [0.25, 0.3) is 10.9 Å². The highest BCUT2D eigenvalue weighted by Gasteiger charge is 2.23. The maximum atomic E-state index is 13.0. The number of anilines is 1. The van der Waals surface area contributed by atoms with Crippen LogP contribution in [-0.2, 0) is 16.0 Å². The van der Waals surface area contributed by atoms with E-state index >= 15 is 0 Å². The van der Waals surface area contributed by atoms with E-state index in [0.29, 0.717) is 17.7 Å². The summed E-state index contributed by atoms with van der Waals surface area (Å²) in [5, 5.41) is 6.62. The molecule has 3 N–H and O–H groups in total. The van der Waals surface area contributed by atoms with Crippen LogP contribution < -0.4 is 10.6 Å². The summed E-state index contributed by atoms with van der Waals surface area (Å²) in [6.07, 6.45) is 4.26. The molecule has 3 amide bonds. The van der Waals surface area contributed by atoms with Crippen LogP contribution in [0.4, 0.5) is 5.69 Å². The number of amides is 3. The summed E-state index contributed by atoms with van der Waals surface area (Å²) in [6.45, 7) is 2.93. The molecule has 0 radical (unpaired) electrons. The van der Waals surface area contributed by atoms with E-state index in [1.54, 1.807) is 24.3 Å². The Kier molecular flexibility index (Phi) is 6.02. The smallest absolute Gasteiger partial charge is 0.253 e. The number of hydrogen-bond acceptors (Lipinski definition) is 3. The Balaban J connectivity index is 1.50. The maximum absolute atomic E-state index is 13.0. The number of aromatic amines is 1. The SMILES string of the molecule is CC(=O)N[C@@H](Cc1c[nH]c2ccccc12)C(=O)Nc1cccc(C(=O)N2CCCC2)c1. The van der Waals surface area contributed by atoms with E-state index in [1.807, 2.05) is 35.4 Å². The van der Waals surface area contributed by atoms with Gasteiger partial charge in [-0.1, -0.05) is 24.3 Å². The minimum atomic E-state index is -0.741. The minimum absolute atomic E-state index is 0.0224. The highest BCUT2D eigenvalue weighted by atomic mass is 16.2. The second-order valence-corrected chi connectivity index (χ2v) is 7.89. The third-order valence-electron chi connectivity index (χ3n) is 5.56. The Morgan fingerprint density at radius 3 is 2.61 bits per heavy atom. The summed E-state index contributed by atoms with van der Waals surface area (Å²) in [5.74, 6) is -0.630. The van der Waals surface area contributed by atoms with E-state index in [0.717, 1.165) is 42.4 Å². The number of hydrogen-bond donors (Lipinski definition) is 3. The van der Waals surface area contributed by atoms with Gasteiger partial charge in [-0.25, -0.2) is 0 Å². The van der Waals surface area contributed by atoms with E-state index in [2.05, 4.69) is 15.6 Å². The molecule has 0 bridgehead atoms. The zero-order valence-electron chi connectivity index (χ0n) is 17.5. The predicted molar refractivity (Wildman–Crippen MR) is 120 cm³/mol. The van der Waals surface area contributed by atoms with Gasteiger partial charge in [0.1, 0.15) is 6.04 Å². The van der Waals surface area contributed by atoms with Crippen molar-refractivity contribution >= 4 is 34.3 Å². The third-order valence-corrected chi connectivity index (χ3v) is 5.56. The molecule has 1 atom stereocenters. The van der Waals surface area contributed by atoms with Crippen molar-refractivity contribution in [2.45, 2.75) is 32.2 Å². The van der Waals surface area contributed by atoms with Gasteiger partial charge in [0, 0.05) is 54.8 Å². The van der Waals surface area contributed by atoms with Gasteiger partial charge in [-0.05, 0) is 42.7 Å². The number of benzene rings is 2. The molecule has 0 aliphatic carbocycles. The predicted octanol–water partition coefficient (Wildman–Crippen LogP) is 3.09. The van der Waals surface area contributed by atoms with Gasteiger partial charge in [-0.3, -0.25) is 14.4 Å². The molecule has 1 aliphatic heterocycles. The molecule has 0 unspecified atom stereocenters. The molecule has 2 aromatic carbocycles. The van der Waals surface area contributed by atoms with Gasteiger partial charge >= 0.3 is 0 Å². The fourth-order valence-corrected chi connectivity index (χ4v) is 4.04. The molecule has 2 heterocycles. The Bertz CT molecular complexity index is 1110. The number of H-pyrrole nitrogens is 1. The van der Waals surface area contributed by atoms with E-state index in [1.165, 1.54) is 6.92 Å². The first-order chi connectivity index (χ1) is 15.0. The molecule has 1 aromatic heterocycles. The van der Waals surface area contributed by atoms with Crippen LogP contribution in [0.15, 0.2) is 54.7 Å². The molecular weight excluding hydrogens is 392 g/mol. The Morgan fingerprint density at radius 2 is 1.84 bits per heavy atom. The normalized spacial score (nSPS) is 14.4. The van der Waals surface area contributed by atoms with Gasteiger partial charge in [0.05, 0.1) is 0 Å². The molecule has 1 saturated heterocycles. The Labute approximate surface area is 180 Å². The van der Waals surface area contributed by atoms with Crippen molar-refractivity contribution in [2.24, 2.45) is 0 Å². The second-order valence-electron chi connectivity index (χ2n) is 7.89. The summed E-state index contributed by atoms with van der Waals surface area (Å²) in [6, 6.07) is 14.0. The van der Waals surface area contributed by atoms with Gasteiger partial charge in [0.25, 0.3) is 5.91 Å². The fourth-order valence-electron chi connectivity index (χ4n) is 4.04. The summed E-state index contributed by atoms with van der Waals surface area (Å²) >= 11 is 0. The largest absolute Gasteiger partial charge is 0.361 e. The Hall–Kier alpha value is -3.61. The van der Waals surface area contributed by atoms with Crippen LogP contribution in [0.1, 0.15) is 35.7 Å². The molecule has 31 heavy (non-hydrogen) atoms. The van der Waals surface area contributed by atoms with Gasteiger partial charge < -0.3 is 20.5 Å². The summed E-state index contributed by atoms with van der Waals surface area (Å²) < 4.78 is 0. The molecule has 4 rings (SSSR count). The lowest BCUT2D eigenvalue weighted by Gasteiger charge is -2.19. The van der Waals surface area contributed by atoms with Crippen LogP contribution in [-0.4, -0.2) is 46.7 Å². The minimum Gasteiger partial charge on any atom is -0.361 e. The number of carbonyl (C=O) groups excluding carboxylic acids is 3. The number of fused-ring (bicyclic) bond motifs is 1. The van der Waals surface area contributed by atoms with E-state index in [-0.39, 0.29) is 17.7 Å². The number of carbonyl (C=O) groups is 3. The quantitative estimate of drug-likeness (QED) is 0.574. The number of likely N-dealkylation sites (tertiary alicyclic amines) is 1. The number of nitrogens with zero attached hydrogens (tertiary/aromatic N) is 1.